The summed E-state index contributed by atoms with van der Waals surface area (Å²) >= 11 is 0. The zero-order valence-corrected chi connectivity index (χ0v) is 15.9. The number of fused-ring (bicyclic) bond motifs is 1. The summed E-state index contributed by atoms with van der Waals surface area (Å²) in [6.45, 7) is 0.669. The van der Waals surface area contributed by atoms with Gasteiger partial charge < -0.3 is 15.4 Å². The molecule has 3 amide bonds. The fourth-order valence-corrected chi connectivity index (χ4v) is 3.21. The third-order valence-electron chi connectivity index (χ3n) is 4.66. The van der Waals surface area contributed by atoms with Crippen molar-refractivity contribution in [3.63, 3.8) is 0 Å². The molecule has 4 rings (SSSR count). The Balaban J connectivity index is 1.41. The lowest BCUT2D eigenvalue weighted by molar-refractivity contribution is 0.0958. The molecule has 7 nitrogen and oxygen atoms in total. The van der Waals surface area contributed by atoms with E-state index in [1.165, 1.54) is 11.8 Å². The molecule has 146 valence electrons. The van der Waals surface area contributed by atoms with Crippen LogP contribution < -0.4 is 20.3 Å². The van der Waals surface area contributed by atoms with Crippen LogP contribution in [-0.2, 0) is 6.42 Å². The Morgan fingerprint density at radius 2 is 1.83 bits per heavy atom. The van der Waals surface area contributed by atoms with E-state index in [0.717, 1.165) is 12.1 Å². The second kappa shape index (κ2) is 8.02. The molecule has 0 fully saturated rings. The predicted molar refractivity (Wildman–Crippen MR) is 111 cm³/mol. The van der Waals surface area contributed by atoms with Crippen LogP contribution in [0.2, 0.25) is 0 Å². The van der Waals surface area contributed by atoms with Crippen molar-refractivity contribution < 1.29 is 14.3 Å². The standard InChI is InChI=1S/C22H20N4O3/c1-23-21(27)19-14-18(10-12-24-19)29-17-8-6-16(7-9-17)25-22(28)26-13-11-15-4-2-3-5-20(15)26/h2-10,12,14H,11,13H2,1H3,(H,23,27)(H,25,28). The number of carbonyl (C=O) groups is 2. The molecular weight excluding hydrogens is 368 g/mol. The first kappa shape index (κ1) is 18.5. The second-order valence-corrected chi connectivity index (χ2v) is 6.54. The molecular formula is C22H20N4O3. The van der Waals surface area contributed by atoms with Gasteiger partial charge in [0, 0.05) is 37.2 Å². The smallest absolute Gasteiger partial charge is 0.326 e. The molecule has 0 atom stereocenters. The van der Waals surface area contributed by atoms with E-state index in [0.29, 0.717) is 23.7 Å². The van der Waals surface area contributed by atoms with E-state index in [1.54, 1.807) is 48.3 Å². The van der Waals surface area contributed by atoms with Gasteiger partial charge in [-0.15, -0.1) is 0 Å². The van der Waals surface area contributed by atoms with E-state index in [-0.39, 0.29) is 17.6 Å². The Hall–Kier alpha value is -3.87. The van der Waals surface area contributed by atoms with Crippen molar-refractivity contribution >= 4 is 23.3 Å². The Bertz CT molecular complexity index is 1050. The lowest BCUT2D eigenvalue weighted by Gasteiger charge is -2.18. The molecule has 0 spiro atoms. The van der Waals surface area contributed by atoms with Gasteiger partial charge in [0.05, 0.1) is 0 Å². The summed E-state index contributed by atoms with van der Waals surface area (Å²) in [6, 6.07) is 18.1. The lowest BCUT2D eigenvalue weighted by Crippen LogP contribution is -2.33. The minimum atomic E-state index is -0.281. The van der Waals surface area contributed by atoms with Crippen molar-refractivity contribution in [3.8, 4) is 11.5 Å². The first-order valence-corrected chi connectivity index (χ1v) is 9.26. The van der Waals surface area contributed by atoms with Crippen LogP contribution in [-0.4, -0.2) is 30.5 Å². The zero-order valence-electron chi connectivity index (χ0n) is 15.9. The summed E-state index contributed by atoms with van der Waals surface area (Å²) < 4.78 is 5.78. The topological polar surface area (TPSA) is 83.6 Å². The van der Waals surface area contributed by atoms with Gasteiger partial charge in [-0.05, 0) is 48.4 Å². The molecule has 0 aliphatic carbocycles. The van der Waals surface area contributed by atoms with Crippen LogP contribution in [0.25, 0.3) is 0 Å². The number of ether oxygens (including phenoxy) is 1. The number of rotatable bonds is 4. The number of hydrogen-bond acceptors (Lipinski definition) is 4. The monoisotopic (exact) mass is 388 g/mol. The van der Waals surface area contributed by atoms with E-state index in [9.17, 15) is 9.59 Å². The van der Waals surface area contributed by atoms with E-state index >= 15 is 0 Å². The third-order valence-corrected chi connectivity index (χ3v) is 4.66. The Kier molecular flexibility index (Phi) is 5.11. The molecule has 0 bridgehead atoms. The van der Waals surface area contributed by atoms with Crippen LogP contribution in [0.5, 0.6) is 11.5 Å². The number of nitrogens with one attached hydrogen (secondary N) is 2. The summed E-state index contributed by atoms with van der Waals surface area (Å²) in [5, 5.41) is 5.44. The van der Waals surface area contributed by atoms with Crippen LogP contribution >= 0.6 is 0 Å². The van der Waals surface area contributed by atoms with Crippen LogP contribution in [0.1, 0.15) is 16.1 Å². The highest BCUT2D eigenvalue weighted by Crippen LogP contribution is 2.28. The minimum absolute atomic E-state index is 0.159. The third kappa shape index (κ3) is 4.03. The maximum absolute atomic E-state index is 12.6. The van der Waals surface area contributed by atoms with Crippen molar-refractivity contribution in [2.24, 2.45) is 0 Å². The number of benzene rings is 2. The average Bonchev–Trinajstić information content (AvgIpc) is 3.19. The van der Waals surface area contributed by atoms with Gasteiger partial charge in [-0.25, -0.2) is 4.79 Å². The molecule has 0 saturated carbocycles. The van der Waals surface area contributed by atoms with Gasteiger partial charge in [-0.3, -0.25) is 14.7 Å². The molecule has 1 aliphatic heterocycles. The molecule has 2 heterocycles. The fraction of sp³-hybridized carbons (Fsp3) is 0.136. The van der Waals surface area contributed by atoms with Crippen LogP contribution in [0.15, 0.2) is 66.9 Å². The molecule has 2 aromatic carbocycles. The summed E-state index contributed by atoms with van der Waals surface area (Å²) in [7, 11) is 1.55. The molecule has 0 unspecified atom stereocenters. The number of urea groups is 1. The van der Waals surface area contributed by atoms with Crippen LogP contribution in [0.3, 0.4) is 0 Å². The van der Waals surface area contributed by atoms with E-state index in [1.807, 2.05) is 24.3 Å². The average molecular weight is 388 g/mol. The summed E-state index contributed by atoms with van der Waals surface area (Å²) in [5.41, 5.74) is 3.08. The van der Waals surface area contributed by atoms with Gasteiger partial charge in [-0.1, -0.05) is 18.2 Å². The van der Waals surface area contributed by atoms with Gasteiger partial charge in [0.25, 0.3) is 5.91 Å². The Morgan fingerprint density at radius 1 is 1.03 bits per heavy atom. The number of nitrogens with zero attached hydrogens (tertiary/aromatic N) is 2. The SMILES string of the molecule is CNC(=O)c1cc(Oc2ccc(NC(=O)N3CCc4ccccc43)cc2)ccn1. The van der Waals surface area contributed by atoms with Crippen molar-refractivity contribution in [2.45, 2.75) is 6.42 Å². The van der Waals surface area contributed by atoms with Crippen molar-refractivity contribution in [3.05, 3.63) is 78.1 Å². The predicted octanol–water partition coefficient (Wildman–Crippen LogP) is 3.83. The number of anilines is 2. The molecule has 1 aromatic heterocycles. The van der Waals surface area contributed by atoms with E-state index in [4.69, 9.17) is 4.74 Å². The highest BCUT2D eigenvalue weighted by Gasteiger charge is 2.24. The molecule has 29 heavy (non-hydrogen) atoms. The highest BCUT2D eigenvalue weighted by atomic mass is 16.5. The maximum Gasteiger partial charge on any atom is 0.326 e. The second-order valence-electron chi connectivity index (χ2n) is 6.54. The number of carbonyl (C=O) groups excluding carboxylic acids is 2. The largest absolute Gasteiger partial charge is 0.457 e. The van der Waals surface area contributed by atoms with E-state index < -0.39 is 0 Å². The number of para-hydroxylation sites is 1. The van der Waals surface area contributed by atoms with Gasteiger partial charge in [0.15, 0.2) is 0 Å². The number of amides is 3. The number of hydrogen-bond donors (Lipinski definition) is 2. The van der Waals surface area contributed by atoms with Crippen molar-refractivity contribution in [1.82, 2.24) is 10.3 Å². The molecule has 1 aliphatic rings. The summed E-state index contributed by atoms with van der Waals surface area (Å²) in [5.74, 6) is 0.810. The van der Waals surface area contributed by atoms with Crippen molar-refractivity contribution in [1.29, 1.82) is 0 Å². The molecule has 7 heteroatoms. The molecule has 0 saturated heterocycles. The first-order chi connectivity index (χ1) is 14.1. The maximum atomic E-state index is 12.6. The van der Waals surface area contributed by atoms with Crippen molar-refractivity contribution in [2.75, 3.05) is 23.8 Å². The van der Waals surface area contributed by atoms with Gasteiger partial charge in [-0.2, -0.15) is 0 Å². The van der Waals surface area contributed by atoms with Gasteiger partial charge >= 0.3 is 6.03 Å². The van der Waals surface area contributed by atoms with E-state index in [2.05, 4.69) is 15.6 Å². The summed E-state index contributed by atoms with van der Waals surface area (Å²) in [4.78, 5) is 30.1. The van der Waals surface area contributed by atoms with Crippen LogP contribution in [0.4, 0.5) is 16.2 Å². The molecule has 0 radical (unpaired) electrons. The quantitative estimate of drug-likeness (QED) is 0.712. The Morgan fingerprint density at radius 3 is 2.62 bits per heavy atom. The Labute approximate surface area is 168 Å². The number of pyridine rings is 1. The zero-order chi connectivity index (χ0) is 20.2. The molecule has 3 aromatic rings. The normalized spacial score (nSPS) is 12.2. The van der Waals surface area contributed by atoms with Gasteiger partial charge in [0.1, 0.15) is 17.2 Å². The minimum Gasteiger partial charge on any atom is -0.457 e. The first-order valence-electron chi connectivity index (χ1n) is 9.26. The molecule has 2 N–H and O–H groups in total. The van der Waals surface area contributed by atoms with Crippen LogP contribution in [0, 0.1) is 0 Å². The fourth-order valence-electron chi connectivity index (χ4n) is 3.21. The number of aromatic nitrogens is 1. The lowest BCUT2D eigenvalue weighted by atomic mass is 10.2. The van der Waals surface area contributed by atoms with Gasteiger partial charge in [0.2, 0.25) is 0 Å². The highest BCUT2D eigenvalue weighted by molar-refractivity contribution is 6.03. The summed E-state index contributed by atoms with van der Waals surface area (Å²) in [6.07, 6.45) is 2.38.